The van der Waals surface area contributed by atoms with Crippen molar-refractivity contribution in [2.24, 2.45) is 17.8 Å². The van der Waals surface area contributed by atoms with E-state index >= 15 is 0 Å². The van der Waals surface area contributed by atoms with Gasteiger partial charge in [-0.3, -0.25) is 4.79 Å². The summed E-state index contributed by atoms with van der Waals surface area (Å²) in [5.41, 5.74) is 0.892. The second-order valence-corrected chi connectivity index (χ2v) is 6.08. The number of nitrogens with one attached hydrogen (secondary N) is 1. The average Bonchev–Trinajstić information content (AvgIpc) is 3.28. The van der Waals surface area contributed by atoms with E-state index < -0.39 is 0 Å². The summed E-state index contributed by atoms with van der Waals surface area (Å²) < 4.78 is 0. The monoisotopic (exact) mass is 279 g/mol. The molecule has 0 spiro atoms. The second kappa shape index (κ2) is 5.14. The summed E-state index contributed by atoms with van der Waals surface area (Å²) in [6.45, 7) is -0.0891. The van der Waals surface area contributed by atoms with E-state index in [1.54, 1.807) is 12.1 Å². The van der Waals surface area contributed by atoms with E-state index in [4.69, 9.17) is 11.6 Å². The summed E-state index contributed by atoms with van der Waals surface area (Å²) in [7, 11) is 0. The Balaban J connectivity index is 1.60. The number of amides is 1. The molecule has 2 fully saturated rings. The summed E-state index contributed by atoms with van der Waals surface area (Å²) in [6, 6.07) is 6.90. The molecule has 0 saturated heterocycles. The van der Waals surface area contributed by atoms with Crippen molar-refractivity contribution in [1.82, 2.24) is 5.32 Å². The van der Waals surface area contributed by atoms with Crippen molar-refractivity contribution in [3.8, 4) is 0 Å². The lowest BCUT2D eigenvalue weighted by molar-refractivity contribution is -0.123. The number of rotatable bonds is 5. The molecule has 3 nitrogen and oxygen atoms in total. The molecule has 3 unspecified atom stereocenters. The zero-order valence-electron chi connectivity index (χ0n) is 10.7. The van der Waals surface area contributed by atoms with Crippen LogP contribution in [0.3, 0.4) is 0 Å². The molecule has 3 atom stereocenters. The number of aliphatic hydroxyl groups is 1. The largest absolute Gasteiger partial charge is 0.394 e. The number of carbonyl (C=O) groups is 1. The van der Waals surface area contributed by atoms with Crippen molar-refractivity contribution in [2.45, 2.75) is 25.3 Å². The molecule has 0 aromatic heterocycles. The van der Waals surface area contributed by atoms with E-state index in [9.17, 15) is 9.90 Å². The normalized spacial score (nSPS) is 26.8. The summed E-state index contributed by atoms with van der Waals surface area (Å²) >= 11 is 5.84. The first-order valence-electron chi connectivity index (χ1n) is 6.85. The Morgan fingerprint density at radius 2 is 2.05 bits per heavy atom. The van der Waals surface area contributed by atoms with Crippen LogP contribution in [0.5, 0.6) is 0 Å². The van der Waals surface area contributed by atoms with Crippen molar-refractivity contribution >= 4 is 17.5 Å². The van der Waals surface area contributed by atoms with E-state index in [-0.39, 0.29) is 24.5 Å². The lowest BCUT2D eigenvalue weighted by Crippen LogP contribution is -2.32. The van der Waals surface area contributed by atoms with E-state index in [0.29, 0.717) is 10.9 Å². The maximum atomic E-state index is 12.1. The second-order valence-electron chi connectivity index (χ2n) is 5.64. The maximum absolute atomic E-state index is 12.1. The Kier molecular flexibility index (Phi) is 3.50. The van der Waals surface area contributed by atoms with Crippen LogP contribution in [-0.4, -0.2) is 17.6 Å². The number of halogens is 1. The number of hydrogen-bond acceptors (Lipinski definition) is 2. The minimum absolute atomic E-state index is 0.0888. The van der Waals surface area contributed by atoms with Gasteiger partial charge in [-0.05, 0) is 48.8 Å². The van der Waals surface area contributed by atoms with Gasteiger partial charge in [-0.25, -0.2) is 0 Å². The van der Waals surface area contributed by atoms with Crippen molar-refractivity contribution in [3.05, 3.63) is 34.9 Å². The van der Waals surface area contributed by atoms with Gasteiger partial charge >= 0.3 is 0 Å². The Hall–Kier alpha value is -1.06. The molecule has 102 valence electrons. The predicted molar refractivity (Wildman–Crippen MR) is 73.7 cm³/mol. The fourth-order valence-electron chi connectivity index (χ4n) is 2.77. The van der Waals surface area contributed by atoms with Gasteiger partial charge in [-0.15, -0.1) is 0 Å². The highest BCUT2D eigenvalue weighted by molar-refractivity contribution is 6.30. The summed E-state index contributed by atoms with van der Waals surface area (Å²) in [5, 5.41) is 13.0. The van der Waals surface area contributed by atoms with E-state index in [2.05, 4.69) is 5.32 Å². The molecular formula is C15H18ClNO2. The number of hydrogen-bond donors (Lipinski definition) is 2. The molecule has 0 aliphatic heterocycles. The van der Waals surface area contributed by atoms with Gasteiger partial charge in [0.1, 0.15) is 0 Å². The van der Waals surface area contributed by atoms with Crippen molar-refractivity contribution in [2.75, 3.05) is 6.61 Å². The minimum atomic E-state index is -0.329. The smallest absolute Gasteiger partial charge is 0.223 e. The van der Waals surface area contributed by atoms with Crippen LogP contribution in [0.25, 0.3) is 0 Å². The van der Waals surface area contributed by atoms with Gasteiger partial charge in [0.05, 0.1) is 12.6 Å². The van der Waals surface area contributed by atoms with Gasteiger partial charge in [-0.1, -0.05) is 23.7 Å². The van der Waals surface area contributed by atoms with Gasteiger partial charge in [0.2, 0.25) is 5.91 Å². The molecule has 2 aliphatic carbocycles. The van der Waals surface area contributed by atoms with Crippen LogP contribution in [0.1, 0.15) is 30.9 Å². The van der Waals surface area contributed by atoms with Crippen LogP contribution >= 0.6 is 11.6 Å². The molecule has 4 heteroatoms. The zero-order chi connectivity index (χ0) is 13.4. The Labute approximate surface area is 118 Å². The molecule has 3 rings (SSSR count). The number of benzene rings is 1. The molecule has 2 saturated carbocycles. The molecule has 1 amide bonds. The fraction of sp³-hybridized carbons (Fsp3) is 0.533. The van der Waals surface area contributed by atoms with Gasteiger partial charge in [0.25, 0.3) is 0 Å². The third-order valence-electron chi connectivity index (χ3n) is 4.18. The highest BCUT2D eigenvalue weighted by Crippen LogP contribution is 2.54. The first-order valence-corrected chi connectivity index (χ1v) is 7.23. The predicted octanol–water partition coefficient (Wildman–Crippen LogP) is 2.54. The van der Waals surface area contributed by atoms with Crippen molar-refractivity contribution < 1.29 is 9.90 Å². The molecule has 2 aliphatic rings. The number of carbonyl (C=O) groups excluding carboxylic acids is 1. The van der Waals surface area contributed by atoms with Crippen LogP contribution in [0.15, 0.2) is 24.3 Å². The number of aliphatic hydroxyl groups excluding tert-OH is 1. The van der Waals surface area contributed by atoms with E-state index in [1.807, 2.05) is 12.1 Å². The summed E-state index contributed by atoms with van der Waals surface area (Å²) in [4.78, 5) is 12.1. The first-order chi connectivity index (χ1) is 9.19. The van der Waals surface area contributed by atoms with Crippen LogP contribution in [0, 0.1) is 17.8 Å². The summed E-state index contributed by atoms with van der Waals surface area (Å²) in [6.07, 6.45) is 3.60. The molecule has 2 N–H and O–H groups in total. The third kappa shape index (κ3) is 2.93. The molecule has 0 heterocycles. The molecule has 1 aromatic rings. The first kappa shape index (κ1) is 12.9. The quantitative estimate of drug-likeness (QED) is 0.870. The zero-order valence-corrected chi connectivity index (χ0v) is 11.4. The van der Waals surface area contributed by atoms with E-state index in [1.165, 1.54) is 12.8 Å². The standard InChI is InChI=1S/C15H18ClNO2/c16-11-5-3-10(4-6-11)14(8-18)17-15(19)13-7-12(13)9-1-2-9/h3-6,9,12-14,18H,1-2,7-8H2,(H,17,19). The SMILES string of the molecule is O=C(NC(CO)c1ccc(Cl)cc1)C1CC1C1CC1. The lowest BCUT2D eigenvalue weighted by atomic mass is 10.1. The van der Waals surface area contributed by atoms with Gasteiger partial charge in [0, 0.05) is 10.9 Å². The average molecular weight is 280 g/mol. The summed E-state index contributed by atoms with van der Waals surface area (Å²) in [5.74, 6) is 1.66. The minimum Gasteiger partial charge on any atom is -0.394 e. The van der Waals surface area contributed by atoms with Crippen LogP contribution in [0.4, 0.5) is 0 Å². The molecular weight excluding hydrogens is 262 g/mol. The topological polar surface area (TPSA) is 49.3 Å². The fourth-order valence-corrected chi connectivity index (χ4v) is 2.90. The Bertz CT molecular complexity index is 470. The molecule has 19 heavy (non-hydrogen) atoms. The molecule has 1 aromatic carbocycles. The molecule has 0 radical (unpaired) electrons. The highest BCUT2D eigenvalue weighted by Gasteiger charge is 2.51. The van der Waals surface area contributed by atoms with Crippen molar-refractivity contribution in [3.63, 3.8) is 0 Å². The lowest BCUT2D eigenvalue weighted by Gasteiger charge is -2.17. The highest BCUT2D eigenvalue weighted by atomic mass is 35.5. The van der Waals surface area contributed by atoms with Crippen LogP contribution < -0.4 is 5.32 Å². The van der Waals surface area contributed by atoms with Gasteiger partial charge < -0.3 is 10.4 Å². The van der Waals surface area contributed by atoms with E-state index in [0.717, 1.165) is 17.9 Å². The van der Waals surface area contributed by atoms with Gasteiger partial charge in [-0.2, -0.15) is 0 Å². The maximum Gasteiger partial charge on any atom is 0.223 e. The molecule has 0 bridgehead atoms. The van der Waals surface area contributed by atoms with Crippen molar-refractivity contribution in [1.29, 1.82) is 0 Å². The third-order valence-corrected chi connectivity index (χ3v) is 4.43. The van der Waals surface area contributed by atoms with Crippen LogP contribution in [0.2, 0.25) is 5.02 Å². The Morgan fingerprint density at radius 3 is 2.63 bits per heavy atom. The Morgan fingerprint density at radius 1 is 1.37 bits per heavy atom. The van der Waals surface area contributed by atoms with Gasteiger partial charge in [0.15, 0.2) is 0 Å². The van der Waals surface area contributed by atoms with Crippen LogP contribution in [-0.2, 0) is 4.79 Å².